The molecule has 1 amide bonds. The number of amides is 1. The number of carbonyl (C=O) groups excluding carboxylic acids is 1. The zero-order valence-corrected chi connectivity index (χ0v) is 9.80. The first-order chi connectivity index (χ1) is 7.20. The molecule has 2 rings (SSSR count). The van der Waals surface area contributed by atoms with Crippen LogP contribution in [0, 0.1) is 0 Å². The number of carbonyl (C=O) groups is 1. The number of hydrogen-bond acceptors (Lipinski definition) is 3. The molecule has 0 fully saturated rings. The van der Waals surface area contributed by atoms with Gasteiger partial charge in [0.25, 0.3) is 5.91 Å². The van der Waals surface area contributed by atoms with Crippen molar-refractivity contribution < 1.29 is 9.53 Å². The van der Waals surface area contributed by atoms with E-state index in [4.69, 9.17) is 4.74 Å². The predicted molar refractivity (Wildman–Crippen MR) is 62.1 cm³/mol. The summed E-state index contributed by atoms with van der Waals surface area (Å²) in [7, 11) is 1.53. The first-order valence-corrected chi connectivity index (χ1v) is 5.37. The fourth-order valence-corrected chi connectivity index (χ4v) is 1.83. The van der Waals surface area contributed by atoms with Gasteiger partial charge in [-0.05, 0) is 18.2 Å². The molecule has 0 aliphatic carbocycles. The summed E-state index contributed by atoms with van der Waals surface area (Å²) in [5.74, 6) is -0.119. The zero-order chi connectivity index (χ0) is 10.8. The lowest BCUT2D eigenvalue weighted by Gasteiger charge is -2.10. The van der Waals surface area contributed by atoms with Crippen LogP contribution in [-0.2, 0) is 9.53 Å². The van der Waals surface area contributed by atoms with Crippen molar-refractivity contribution in [3.63, 3.8) is 0 Å². The van der Waals surface area contributed by atoms with Crippen molar-refractivity contribution in [1.82, 2.24) is 0 Å². The highest BCUT2D eigenvalue weighted by atomic mass is 79.9. The number of methoxy groups -OCH3 is 1. The summed E-state index contributed by atoms with van der Waals surface area (Å²) in [5.41, 5.74) is 1.68. The first kappa shape index (κ1) is 10.4. The Morgan fingerprint density at radius 1 is 1.47 bits per heavy atom. The van der Waals surface area contributed by atoms with Crippen LogP contribution < -0.4 is 10.6 Å². The number of rotatable bonds is 1. The second kappa shape index (κ2) is 4.20. The normalized spacial score (nSPS) is 19.9. The molecule has 1 heterocycles. The average molecular weight is 271 g/mol. The van der Waals surface area contributed by atoms with Crippen LogP contribution in [0.4, 0.5) is 11.4 Å². The van der Waals surface area contributed by atoms with E-state index in [0.29, 0.717) is 6.54 Å². The lowest BCUT2D eigenvalue weighted by atomic mass is 10.2. The van der Waals surface area contributed by atoms with Gasteiger partial charge in [-0.3, -0.25) is 4.79 Å². The quantitative estimate of drug-likeness (QED) is 0.819. The van der Waals surface area contributed by atoms with Gasteiger partial charge in [0.1, 0.15) is 0 Å². The second-order valence-corrected chi connectivity index (χ2v) is 4.20. The molecule has 0 bridgehead atoms. The molecule has 1 unspecified atom stereocenters. The molecule has 2 N–H and O–H groups in total. The van der Waals surface area contributed by atoms with Crippen LogP contribution in [0.15, 0.2) is 22.7 Å². The molecule has 80 valence electrons. The van der Waals surface area contributed by atoms with E-state index < -0.39 is 6.10 Å². The number of halogens is 1. The van der Waals surface area contributed by atoms with E-state index in [2.05, 4.69) is 26.6 Å². The number of nitrogens with one attached hydrogen (secondary N) is 2. The highest BCUT2D eigenvalue weighted by Crippen LogP contribution is 2.27. The van der Waals surface area contributed by atoms with Crippen molar-refractivity contribution in [2.24, 2.45) is 0 Å². The van der Waals surface area contributed by atoms with E-state index in [9.17, 15) is 4.79 Å². The highest BCUT2D eigenvalue weighted by Gasteiger charge is 2.22. The Labute approximate surface area is 96.1 Å². The summed E-state index contributed by atoms with van der Waals surface area (Å²) >= 11 is 3.38. The molecule has 0 aromatic heterocycles. The Balaban J connectivity index is 2.31. The van der Waals surface area contributed by atoms with Gasteiger partial charge in [0.05, 0.1) is 17.9 Å². The van der Waals surface area contributed by atoms with Crippen molar-refractivity contribution in [2.45, 2.75) is 6.10 Å². The van der Waals surface area contributed by atoms with Gasteiger partial charge in [0, 0.05) is 11.6 Å². The predicted octanol–water partition coefficient (Wildman–Crippen LogP) is 1.83. The summed E-state index contributed by atoms with van der Waals surface area (Å²) in [6.45, 7) is 0.478. The number of anilines is 2. The van der Waals surface area contributed by atoms with Gasteiger partial charge < -0.3 is 15.4 Å². The van der Waals surface area contributed by atoms with Crippen LogP contribution >= 0.6 is 15.9 Å². The van der Waals surface area contributed by atoms with Crippen LogP contribution in [0.3, 0.4) is 0 Å². The molecule has 1 aliphatic heterocycles. The molecule has 15 heavy (non-hydrogen) atoms. The van der Waals surface area contributed by atoms with Gasteiger partial charge in [0.2, 0.25) is 0 Å². The summed E-state index contributed by atoms with van der Waals surface area (Å²) in [4.78, 5) is 11.6. The smallest absolute Gasteiger partial charge is 0.255 e. The molecular weight excluding hydrogens is 260 g/mol. The molecule has 1 aromatic carbocycles. The third-order valence-corrected chi connectivity index (χ3v) is 2.79. The van der Waals surface area contributed by atoms with Crippen LogP contribution in [0.1, 0.15) is 0 Å². The van der Waals surface area contributed by atoms with Crippen LogP contribution in [-0.4, -0.2) is 25.7 Å². The van der Waals surface area contributed by atoms with E-state index in [1.165, 1.54) is 7.11 Å². The minimum atomic E-state index is -0.448. The minimum Gasteiger partial charge on any atom is -0.380 e. The first-order valence-electron chi connectivity index (χ1n) is 4.58. The molecule has 1 aromatic rings. The molecule has 0 radical (unpaired) electrons. The standard InChI is InChI=1S/C10H11BrN2O2/c1-15-9-5-12-8-4-6(11)2-3-7(8)13-10(9)14/h2-4,9,12H,5H2,1H3,(H,13,14). The third-order valence-electron chi connectivity index (χ3n) is 2.29. The maximum Gasteiger partial charge on any atom is 0.255 e. The van der Waals surface area contributed by atoms with Crippen LogP contribution in [0.5, 0.6) is 0 Å². The lowest BCUT2D eigenvalue weighted by molar-refractivity contribution is -0.124. The van der Waals surface area contributed by atoms with Crippen molar-refractivity contribution >= 4 is 33.2 Å². The van der Waals surface area contributed by atoms with Gasteiger partial charge in [-0.15, -0.1) is 0 Å². The van der Waals surface area contributed by atoms with Gasteiger partial charge >= 0.3 is 0 Å². The van der Waals surface area contributed by atoms with Crippen molar-refractivity contribution in [3.05, 3.63) is 22.7 Å². The Kier molecular flexibility index (Phi) is 2.93. The van der Waals surface area contributed by atoms with Crippen molar-refractivity contribution in [3.8, 4) is 0 Å². The number of hydrogen-bond donors (Lipinski definition) is 2. The van der Waals surface area contributed by atoms with Gasteiger partial charge in [-0.2, -0.15) is 0 Å². The Hall–Kier alpha value is -1.07. The minimum absolute atomic E-state index is 0.119. The Morgan fingerprint density at radius 3 is 3.00 bits per heavy atom. The summed E-state index contributed by atoms with van der Waals surface area (Å²) < 4.78 is 6.03. The van der Waals surface area contributed by atoms with Crippen molar-refractivity contribution in [2.75, 3.05) is 24.3 Å². The second-order valence-electron chi connectivity index (χ2n) is 3.28. The number of fused-ring (bicyclic) bond motifs is 1. The van der Waals surface area contributed by atoms with Gasteiger partial charge in [-0.25, -0.2) is 0 Å². The topological polar surface area (TPSA) is 50.4 Å². The Bertz CT molecular complexity index is 395. The van der Waals surface area contributed by atoms with Crippen molar-refractivity contribution in [1.29, 1.82) is 0 Å². The lowest BCUT2D eigenvalue weighted by Crippen LogP contribution is -2.32. The zero-order valence-electron chi connectivity index (χ0n) is 8.21. The number of ether oxygens (including phenoxy) is 1. The summed E-state index contributed by atoms with van der Waals surface area (Å²) in [6, 6.07) is 5.66. The van der Waals surface area contributed by atoms with E-state index in [-0.39, 0.29) is 5.91 Å². The fourth-order valence-electron chi connectivity index (χ4n) is 1.47. The summed E-state index contributed by atoms with van der Waals surface area (Å²) in [6.07, 6.45) is -0.448. The Morgan fingerprint density at radius 2 is 2.27 bits per heavy atom. The molecule has 5 heteroatoms. The molecule has 4 nitrogen and oxygen atoms in total. The SMILES string of the molecule is COC1CNc2cc(Br)ccc2NC1=O. The van der Waals surface area contributed by atoms with Crippen LogP contribution in [0.25, 0.3) is 0 Å². The highest BCUT2D eigenvalue weighted by molar-refractivity contribution is 9.10. The molecule has 0 spiro atoms. The molecule has 0 saturated carbocycles. The molecule has 1 atom stereocenters. The maximum atomic E-state index is 11.6. The van der Waals surface area contributed by atoms with E-state index in [1.54, 1.807) is 0 Å². The fraction of sp³-hybridized carbons (Fsp3) is 0.300. The monoisotopic (exact) mass is 270 g/mol. The third kappa shape index (κ3) is 2.13. The van der Waals surface area contributed by atoms with E-state index in [1.807, 2.05) is 18.2 Å². The average Bonchev–Trinajstić information content (AvgIpc) is 2.36. The van der Waals surface area contributed by atoms with Gasteiger partial charge in [0.15, 0.2) is 6.10 Å². The van der Waals surface area contributed by atoms with Gasteiger partial charge in [-0.1, -0.05) is 15.9 Å². The van der Waals surface area contributed by atoms with Crippen LogP contribution in [0.2, 0.25) is 0 Å². The molecular formula is C10H11BrN2O2. The maximum absolute atomic E-state index is 11.6. The largest absolute Gasteiger partial charge is 0.380 e. The molecule has 1 aliphatic rings. The molecule has 0 saturated heterocycles. The number of benzene rings is 1. The van der Waals surface area contributed by atoms with E-state index in [0.717, 1.165) is 15.8 Å². The van der Waals surface area contributed by atoms with E-state index >= 15 is 0 Å². The summed E-state index contributed by atoms with van der Waals surface area (Å²) in [5, 5.41) is 5.96.